The highest BCUT2D eigenvalue weighted by Crippen LogP contribution is 2.40. The van der Waals surface area contributed by atoms with E-state index in [4.69, 9.17) is 16.3 Å². The van der Waals surface area contributed by atoms with Crippen LogP contribution in [0.25, 0.3) is 11.2 Å². The van der Waals surface area contributed by atoms with Crippen molar-refractivity contribution in [2.24, 2.45) is 0 Å². The van der Waals surface area contributed by atoms with E-state index in [0.717, 1.165) is 16.8 Å². The van der Waals surface area contributed by atoms with Crippen molar-refractivity contribution >= 4 is 22.8 Å². The first kappa shape index (κ1) is 22.1. The number of rotatable bonds is 3. The fraction of sp³-hybridized carbons (Fsp3) is 0.185. The van der Waals surface area contributed by atoms with Gasteiger partial charge in [0.25, 0.3) is 0 Å². The van der Waals surface area contributed by atoms with Gasteiger partial charge >= 0.3 is 0 Å². The van der Waals surface area contributed by atoms with E-state index in [1.165, 1.54) is 12.1 Å². The van der Waals surface area contributed by atoms with Gasteiger partial charge < -0.3 is 14.2 Å². The molecular weight excluding hydrogens is 453 g/mol. The lowest BCUT2D eigenvalue weighted by Crippen LogP contribution is -2.08. The van der Waals surface area contributed by atoms with Crippen molar-refractivity contribution in [1.29, 1.82) is 5.26 Å². The number of aromatic nitrogens is 2. The van der Waals surface area contributed by atoms with Crippen molar-refractivity contribution in [1.82, 2.24) is 9.38 Å². The second-order valence-corrected chi connectivity index (χ2v) is 8.67. The molecule has 7 heteroatoms. The molecule has 0 spiro atoms. The number of aryl methyl sites for hydroxylation is 1. The quantitative estimate of drug-likeness (QED) is 0.370. The lowest BCUT2D eigenvalue weighted by Gasteiger charge is -2.16. The maximum absolute atomic E-state index is 13.9. The number of pyridine rings is 1. The number of ether oxygens (including phenoxy) is 1. The summed E-state index contributed by atoms with van der Waals surface area (Å²) >= 11 is 6.13. The van der Waals surface area contributed by atoms with Gasteiger partial charge in [-0.2, -0.15) is 5.26 Å². The lowest BCUT2D eigenvalue weighted by atomic mass is 9.89. The molecule has 5 rings (SSSR count). The number of halogens is 2. The minimum atomic E-state index is -0.941. The van der Waals surface area contributed by atoms with Crippen LogP contribution in [0.15, 0.2) is 60.3 Å². The van der Waals surface area contributed by atoms with Crippen LogP contribution in [0.3, 0.4) is 0 Å². The molecule has 4 aromatic rings. The molecule has 0 saturated carbocycles. The molecule has 34 heavy (non-hydrogen) atoms. The third-order valence-corrected chi connectivity index (χ3v) is 6.38. The van der Waals surface area contributed by atoms with Crippen molar-refractivity contribution in [2.75, 3.05) is 0 Å². The predicted molar refractivity (Wildman–Crippen MR) is 128 cm³/mol. The molecule has 3 heterocycles. The van der Waals surface area contributed by atoms with Crippen molar-refractivity contribution in [2.45, 2.75) is 33.0 Å². The average Bonchev–Trinajstić information content (AvgIpc) is 3.12. The zero-order chi connectivity index (χ0) is 24.0. The lowest BCUT2D eigenvalue weighted by molar-refractivity contribution is 0.212. The Labute approximate surface area is 201 Å². The number of hydrogen-bond donors (Lipinski definition) is 1. The first-order valence-corrected chi connectivity index (χ1v) is 11.3. The molecule has 170 valence electrons. The average molecular weight is 474 g/mol. The number of imidazole rings is 1. The van der Waals surface area contributed by atoms with Crippen LogP contribution in [0.1, 0.15) is 53.6 Å². The van der Waals surface area contributed by atoms with Crippen LogP contribution in [-0.4, -0.2) is 14.5 Å². The van der Waals surface area contributed by atoms with Gasteiger partial charge in [-0.25, -0.2) is 9.37 Å². The van der Waals surface area contributed by atoms with Crippen LogP contribution in [0, 0.1) is 17.1 Å². The van der Waals surface area contributed by atoms with Crippen molar-refractivity contribution in [3.05, 3.63) is 105 Å². The van der Waals surface area contributed by atoms with Crippen molar-refractivity contribution < 1.29 is 14.2 Å². The van der Waals surface area contributed by atoms with Gasteiger partial charge in [-0.05, 0) is 54.3 Å². The second-order valence-electron chi connectivity index (χ2n) is 8.23. The molecule has 0 saturated heterocycles. The Kier molecular flexibility index (Phi) is 5.60. The van der Waals surface area contributed by atoms with Crippen LogP contribution in [0.2, 0.25) is 5.02 Å². The molecule has 2 aromatic heterocycles. The van der Waals surface area contributed by atoms with Gasteiger partial charge in [0.15, 0.2) is 0 Å². The van der Waals surface area contributed by atoms with Gasteiger partial charge in [-0.1, -0.05) is 30.7 Å². The van der Waals surface area contributed by atoms with E-state index in [-0.39, 0.29) is 6.61 Å². The van der Waals surface area contributed by atoms with Crippen LogP contribution < -0.4 is 4.74 Å². The van der Waals surface area contributed by atoms with Gasteiger partial charge in [-0.3, -0.25) is 0 Å². The van der Waals surface area contributed by atoms with E-state index in [1.807, 2.05) is 29.5 Å². The van der Waals surface area contributed by atoms with Crippen LogP contribution >= 0.6 is 11.6 Å². The molecule has 1 aliphatic heterocycles. The monoisotopic (exact) mass is 473 g/mol. The Bertz CT molecular complexity index is 1520. The minimum Gasteiger partial charge on any atom is -0.488 e. The largest absolute Gasteiger partial charge is 0.488 e. The first-order valence-electron chi connectivity index (χ1n) is 10.9. The number of aliphatic hydroxyl groups is 1. The van der Waals surface area contributed by atoms with Crippen molar-refractivity contribution in [3.8, 4) is 11.8 Å². The van der Waals surface area contributed by atoms with E-state index in [2.05, 4.69) is 11.1 Å². The first-order chi connectivity index (χ1) is 16.4. The van der Waals surface area contributed by atoms with E-state index in [0.29, 0.717) is 50.8 Å². The molecule has 0 aliphatic carbocycles. The zero-order valence-corrected chi connectivity index (χ0v) is 19.4. The zero-order valence-electron chi connectivity index (χ0n) is 18.6. The van der Waals surface area contributed by atoms with Gasteiger partial charge in [-0.15, -0.1) is 0 Å². The molecule has 1 unspecified atom stereocenters. The summed E-state index contributed by atoms with van der Waals surface area (Å²) in [5, 5.41) is 21.6. The number of allylic oxidation sites excluding steroid dienone is 1. The predicted octanol–water partition coefficient (Wildman–Crippen LogP) is 6.01. The summed E-state index contributed by atoms with van der Waals surface area (Å²) in [6.07, 6.45) is 1.51. The van der Waals surface area contributed by atoms with Gasteiger partial charge in [0.1, 0.15) is 29.9 Å². The fourth-order valence-corrected chi connectivity index (χ4v) is 4.68. The third-order valence-electron chi connectivity index (χ3n) is 6.15. The molecule has 2 aromatic carbocycles. The third kappa shape index (κ3) is 3.63. The molecule has 1 N–H and O–H groups in total. The maximum atomic E-state index is 13.9. The minimum absolute atomic E-state index is 0.179. The smallest absolute Gasteiger partial charge is 0.138 e. The maximum Gasteiger partial charge on any atom is 0.138 e. The molecule has 1 atom stereocenters. The Morgan fingerprint density at radius 2 is 2.03 bits per heavy atom. The number of hydrogen-bond acceptors (Lipinski definition) is 4. The normalized spacial score (nSPS) is 15.1. The highest BCUT2D eigenvalue weighted by atomic mass is 35.5. The van der Waals surface area contributed by atoms with Gasteiger partial charge in [0, 0.05) is 40.1 Å². The number of nitrogens with zero attached hydrogens (tertiary/aromatic N) is 3. The molecule has 1 aliphatic rings. The summed E-state index contributed by atoms with van der Waals surface area (Å²) in [6.45, 7) is 3.90. The number of benzene rings is 2. The molecule has 0 amide bonds. The Morgan fingerprint density at radius 1 is 1.24 bits per heavy atom. The SMILES string of the molecule is CCc1nc2cc(Cl)ccn2c1C(O)c1ccc2c(c1)COc1cc(F)ccc1/C2=C(/C)C#N. The van der Waals surface area contributed by atoms with Crippen LogP contribution in [0.5, 0.6) is 5.75 Å². The summed E-state index contributed by atoms with van der Waals surface area (Å²) in [5.41, 5.74) is 6.28. The highest BCUT2D eigenvalue weighted by Gasteiger charge is 2.25. The standard InChI is InChI=1S/C27H21ClFN3O2/c1-3-22-26(32-9-8-18(28)11-24(32)31-22)27(33)16-4-6-20-17(10-16)14-34-23-12-19(29)5-7-21(23)25(20)15(2)13-30/h4-12,27,33H,3,14H2,1-2H3/b25-15-. The van der Waals surface area contributed by atoms with Crippen molar-refractivity contribution in [3.63, 3.8) is 0 Å². The summed E-state index contributed by atoms with van der Waals surface area (Å²) in [5.74, 6) is -0.0237. The fourth-order valence-electron chi connectivity index (χ4n) is 4.52. The summed E-state index contributed by atoms with van der Waals surface area (Å²) in [7, 11) is 0. The van der Waals surface area contributed by atoms with E-state index < -0.39 is 11.9 Å². The van der Waals surface area contributed by atoms with Gasteiger partial charge in [0.05, 0.1) is 17.5 Å². The summed E-state index contributed by atoms with van der Waals surface area (Å²) in [6, 6.07) is 15.7. The second kappa shape index (κ2) is 8.60. The van der Waals surface area contributed by atoms with Gasteiger partial charge in [0.2, 0.25) is 0 Å². The highest BCUT2D eigenvalue weighted by molar-refractivity contribution is 6.30. The number of aliphatic hydroxyl groups excluding tert-OH is 1. The molecule has 0 bridgehead atoms. The topological polar surface area (TPSA) is 70.6 Å². The molecule has 5 nitrogen and oxygen atoms in total. The van der Waals surface area contributed by atoms with Crippen LogP contribution in [-0.2, 0) is 13.0 Å². The Hall–Kier alpha value is -3.66. The van der Waals surface area contributed by atoms with Crippen LogP contribution in [0.4, 0.5) is 4.39 Å². The Morgan fingerprint density at radius 3 is 2.79 bits per heavy atom. The molecule has 0 radical (unpaired) electrons. The summed E-state index contributed by atoms with van der Waals surface area (Å²) in [4.78, 5) is 4.64. The number of fused-ring (bicyclic) bond motifs is 3. The van der Waals surface area contributed by atoms with E-state index >= 15 is 0 Å². The number of nitriles is 1. The molecule has 0 fully saturated rings. The summed E-state index contributed by atoms with van der Waals surface area (Å²) < 4.78 is 21.7. The van der Waals surface area contributed by atoms with E-state index in [9.17, 15) is 14.8 Å². The molecular formula is C27H21ClFN3O2. The van der Waals surface area contributed by atoms with E-state index in [1.54, 1.807) is 31.3 Å². The Balaban J connectivity index is 1.64.